The van der Waals surface area contributed by atoms with E-state index >= 15 is 0 Å². The summed E-state index contributed by atoms with van der Waals surface area (Å²) in [6, 6.07) is 7.77. The van der Waals surface area contributed by atoms with E-state index in [1.165, 1.54) is 0 Å². The van der Waals surface area contributed by atoms with Crippen molar-refractivity contribution in [2.75, 3.05) is 13.1 Å². The van der Waals surface area contributed by atoms with Crippen LogP contribution in [0.1, 0.15) is 40.5 Å². The highest BCUT2D eigenvalue weighted by atomic mass is 16.2. The van der Waals surface area contributed by atoms with Crippen LogP contribution < -0.4 is 0 Å². The van der Waals surface area contributed by atoms with Gasteiger partial charge < -0.3 is 9.47 Å². The standard InChI is InChI=1S/C16H20N4O/c1-12-6-3-4-8-14(12)16(21)20-9-5-7-13(10-20)15-18-17-11-19(15)2/h3-4,6,8,11,13H,5,7,9-10H2,1-2H3. The van der Waals surface area contributed by atoms with Crippen LogP contribution in [-0.2, 0) is 7.05 Å². The number of likely N-dealkylation sites (tertiary alicyclic amines) is 1. The third kappa shape index (κ3) is 2.68. The van der Waals surface area contributed by atoms with E-state index in [9.17, 15) is 4.79 Å². The Morgan fingerprint density at radius 2 is 2.14 bits per heavy atom. The summed E-state index contributed by atoms with van der Waals surface area (Å²) in [4.78, 5) is 14.7. The Labute approximate surface area is 124 Å². The van der Waals surface area contributed by atoms with Crippen LogP contribution in [0.2, 0.25) is 0 Å². The summed E-state index contributed by atoms with van der Waals surface area (Å²) in [6.07, 6.45) is 3.79. The average Bonchev–Trinajstić information content (AvgIpc) is 2.93. The van der Waals surface area contributed by atoms with Gasteiger partial charge >= 0.3 is 0 Å². The molecular weight excluding hydrogens is 264 g/mol. The van der Waals surface area contributed by atoms with Crippen molar-refractivity contribution in [1.82, 2.24) is 19.7 Å². The van der Waals surface area contributed by atoms with Gasteiger partial charge in [0, 0.05) is 31.6 Å². The second-order valence-electron chi connectivity index (χ2n) is 5.71. The molecule has 1 fully saturated rings. The molecule has 5 heteroatoms. The van der Waals surface area contributed by atoms with E-state index < -0.39 is 0 Å². The minimum absolute atomic E-state index is 0.125. The van der Waals surface area contributed by atoms with Crippen molar-refractivity contribution in [2.45, 2.75) is 25.7 Å². The van der Waals surface area contributed by atoms with E-state index in [1.807, 2.05) is 47.7 Å². The summed E-state index contributed by atoms with van der Waals surface area (Å²) in [6.45, 7) is 3.53. The molecule has 0 saturated carbocycles. The van der Waals surface area contributed by atoms with Gasteiger partial charge in [0.1, 0.15) is 12.2 Å². The van der Waals surface area contributed by atoms with E-state index in [-0.39, 0.29) is 11.8 Å². The van der Waals surface area contributed by atoms with Crippen LogP contribution in [0.5, 0.6) is 0 Å². The Morgan fingerprint density at radius 1 is 1.33 bits per heavy atom. The van der Waals surface area contributed by atoms with Gasteiger partial charge in [-0.3, -0.25) is 4.79 Å². The predicted molar refractivity (Wildman–Crippen MR) is 80.1 cm³/mol. The van der Waals surface area contributed by atoms with Crippen LogP contribution in [0.15, 0.2) is 30.6 Å². The number of benzene rings is 1. The van der Waals surface area contributed by atoms with Gasteiger partial charge in [0.25, 0.3) is 5.91 Å². The fourth-order valence-corrected chi connectivity index (χ4v) is 3.02. The molecule has 1 aromatic heterocycles. The summed E-state index contributed by atoms with van der Waals surface area (Å²) in [5.74, 6) is 1.37. The lowest BCUT2D eigenvalue weighted by Crippen LogP contribution is -2.40. The topological polar surface area (TPSA) is 51.0 Å². The lowest BCUT2D eigenvalue weighted by Gasteiger charge is -2.32. The van der Waals surface area contributed by atoms with Crippen molar-refractivity contribution in [2.24, 2.45) is 7.05 Å². The van der Waals surface area contributed by atoms with Gasteiger partial charge in [-0.05, 0) is 31.4 Å². The Balaban J connectivity index is 1.79. The van der Waals surface area contributed by atoms with Crippen LogP contribution in [-0.4, -0.2) is 38.7 Å². The Kier molecular flexibility index (Phi) is 3.73. The van der Waals surface area contributed by atoms with Crippen molar-refractivity contribution in [3.63, 3.8) is 0 Å². The lowest BCUT2D eigenvalue weighted by atomic mass is 9.96. The molecule has 21 heavy (non-hydrogen) atoms. The third-order valence-electron chi connectivity index (χ3n) is 4.20. The fourth-order valence-electron chi connectivity index (χ4n) is 3.02. The monoisotopic (exact) mass is 284 g/mol. The summed E-state index contributed by atoms with van der Waals surface area (Å²) < 4.78 is 1.95. The number of amides is 1. The molecular formula is C16H20N4O. The maximum absolute atomic E-state index is 12.7. The molecule has 1 unspecified atom stereocenters. The molecule has 1 aliphatic rings. The highest BCUT2D eigenvalue weighted by Gasteiger charge is 2.28. The van der Waals surface area contributed by atoms with E-state index in [2.05, 4.69) is 10.2 Å². The Hall–Kier alpha value is -2.17. The summed E-state index contributed by atoms with van der Waals surface area (Å²) in [5, 5.41) is 8.15. The van der Waals surface area contributed by atoms with Crippen molar-refractivity contribution < 1.29 is 4.79 Å². The Bertz CT molecular complexity index is 649. The first-order valence-corrected chi connectivity index (χ1v) is 7.35. The van der Waals surface area contributed by atoms with Crippen LogP contribution in [0, 0.1) is 6.92 Å². The van der Waals surface area contributed by atoms with Crippen molar-refractivity contribution >= 4 is 5.91 Å². The second-order valence-corrected chi connectivity index (χ2v) is 5.71. The number of aryl methyl sites for hydroxylation is 2. The number of nitrogens with zero attached hydrogens (tertiary/aromatic N) is 4. The number of aromatic nitrogens is 3. The zero-order valence-corrected chi connectivity index (χ0v) is 12.5. The number of piperidine rings is 1. The zero-order valence-electron chi connectivity index (χ0n) is 12.5. The van der Waals surface area contributed by atoms with Crippen molar-refractivity contribution in [3.8, 4) is 0 Å². The summed E-state index contributed by atoms with van der Waals surface area (Å²) in [5.41, 5.74) is 1.83. The summed E-state index contributed by atoms with van der Waals surface area (Å²) >= 11 is 0. The zero-order chi connectivity index (χ0) is 14.8. The molecule has 0 radical (unpaired) electrons. The van der Waals surface area contributed by atoms with Crippen LogP contribution in [0.25, 0.3) is 0 Å². The molecule has 2 aromatic rings. The summed E-state index contributed by atoms with van der Waals surface area (Å²) in [7, 11) is 1.96. The molecule has 0 bridgehead atoms. The molecule has 0 aliphatic carbocycles. The largest absolute Gasteiger partial charge is 0.338 e. The van der Waals surface area contributed by atoms with Crippen LogP contribution >= 0.6 is 0 Å². The first-order chi connectivity index (χ1) is 10.2. The van der Waals surface area contributed by atoms with E-state index in [1.54, 1.807) is 6.33 Å². The van der Waals surface area contributed by atoms with E-state index in [0.717, 1.165) is 42.9 Å². The molecule has 1 amide bonds. The third-order valence-corrected chi connectivity index (χ3v) is 4.20. The van der Waals surface area contributed by atoms with Gasteiger partial charge in [-0.15, -0.1) is 10.2 Å². The highest BCUT2D eigenvalue weighted by molar-refractivity contribution is 5.95. The molecule has 1 aromatic carbocycles. The van der Waals surface area contributed by atoms with Gasteiger partial charge in [0.15, 0.2) is 0 Å². The lowest BCUT2D eigenvalue weighted by molar-refractivity contribution is 0.0702. The smallest absolute Gasteiger partial charge is 0.254 e. The fraction of sp³-hybridized carbons (Fsp3) is 0.438. The molecule has 1 atom stereocenters. The van der Waals surface area contributed by atoms with Gasteiger partial charge in [-0.25, -0.2) is 0 Å². The average molecular weight is 284 g/mol. The molecule has 2 heterocycles. The molecule has 0 spiro atoms. The number of carbonyl (C=O) groups excluding carboxylic acids is 1. The molecule has 110 valence electrons. The number of hydrogen-bond donors (Lipinski definition) is 0. The highest BCUT2D eigenvalue weighted by Crippen LogP contribution is 2.26. The molecule has 0 N–H and O–H groups in total. The Morgan fingerprint density at radius 3 is 2.86 bits per heavy atom. The minimum atomic E-state index is 0.125. The number of carbonyl (C=O) groups is 1. The van der Waals surface area contributed by atoms with Crippen LogP contribution in [0.3, 0.4) is 0 Å². The second kappa shape index (κ2) is 5.68. The molecule has 3 rings (SSSR count). The normalized spacial score (nSPS) is 18.8. The maximum atomic E-state index is 12.7. The van der Waals surface area contributed by atoms with Crippen LogP contribution in [0.4, 0.5) is 0 Å². The molecule has 5 nitrogen and oxygen atoms in total. The van der Waals surface area contributed by atoms with Crippen molar-refractivity contribution in [3.05, 3.63) is 47.5 Å². The molecule has 1 aliphatic heterocycles. The van der Waals surface area contributed by atoms with Gasteiger partial charge in [0.05, 0.1) is 0 Å². The maximum Gasteiger partial charge on any atom is 0.254 e. The quantitative estimate of drug-likeness (QED) is 0.849. The van der Waals surface area contributed by atoms with Gasteiger partial charge in [0.2, 0.25) is 0 Å². The number of rotatable bonds is 2. The van der Waals surface area contributed by atoms with E-state index in [4.69, 9.17) is 0 Å². The first-order valence-electron chi connectivity index (χ1n) is 7.35. The SMILES string of the molecule is Cc1ccccc1C(=O)N1CCCC(c2nncn2C)C1. The first kappa shape index (κ1) is 13.8. The van der Waals surface area contributed by atoms with Gasteiger partial charge in [-0.2, -0.15) is 0 Å². The van der Waals surface area contributed by atoms with E-state index in [0.29, 0.717) is 0 Å². The predicted octanol–water partition coefficient (Wildman–Crippen LogP) is 2.14. The minimum Gasteiger partial charge on any atom is -0.338 e. The van der Waals surface area contributed by atoms with Crippen molar-refractivity contribution in [1.29, 1.82) is 0 Å². The van der Waals surface area contributed by atoms with Gasteiger partial charge in [-0.1, -0.05) is 18.2 Å². The number of hydrogen-bond acceptors (Lipinski definition) is 3. The molecule has 1 saturated heterocycles.